The van der Waals surface area contributed by atoms with Gasteiger partial charge in [0, 0.05) is 18.3 Å². The van der Waals surface area contributed by atoms with Gasteiger partial charge in [-0.2, -0.15) is 4.31 Å². The summed E-state index contributed by atoms with van der Waals surface area (Å²) in [6.07, 6.45) is 0. The maximum Gasteiger partial charge on any atom is 0.326 e. The van der Waals surface area contributed by atoms with Gasteiger partial charge in [-0.25, -0.2) is 13.2 Å². The Morgan fingerprint density at radius 2 is 1.81 bits per heavy atom. The fraction of sp³-hybridized carbons (Fsp3) is 0.250. The maximum absolute atomic E-state index is 13.1. The number of amides is 1. The van der Waals surface area contributed by atoms with Crippen molar-refractivity contribution in [1.82, 2.24) is 14.3 Å². The highest BCUT2D eigenvalue weighted by Gasteiger charge is 2.26. The third kappa shape index (κ3) is 4.22. The molecule has 0 saturated carbocycles. The standard InChI is InChI=1S/C20H20N4O7S/c1-2-24(11-18(25)21-12-3-6-16-17(9-12)31-8-7-30-16)32(28,29)13-4-5-15-14(10-13)19(26)23-20(27)22-15/h3-6,9-10H,2,7-8,11H2,1H3,(H,21,25)(H2,22,23,26,27). The van der Waals surface area contributed by atoms with E-state index in [1.54, 1.807) is 25.1 Å². The highest BCUT2D eigenvalue weighted by molar-refractivity contribution is 7.89. The Hall–Kier alpha value is -3.64. The number of hydrogen-bond acceptors (Lipinski definition) is 7. The molecule has 0 radical (unpaired) electrons. The second-order valence-electron chi connectivity index (χ2n) is 6.95. The van der Waals surface area contributed by atoms with E-state index in [4.69, 9.17) is 9.47 Å². The normalized spacial score (nSPS) is 13.3. The van der Waals surface area contributed by atoms with E-state index in [0.29, 0.717) is 30.4 Å². The largest absolute Gasteiger partial charge is 0.486 e. The highest BCUT2D eigenvalue weighted by atomic mass is 32.2. The number of anilines is 1. The minimum absolute atomic E-state index is 0.0162. The van der Waals surface area contributed by atoms with Crippen molar-refractivity contribution < 1.29 is 22.7 Å². The molecule has 2 aromatic carbocycles. The number of nitrogens with one attached hydrogen (secondary N) is 3. The van der Waals surface area contributed by atoms with Crippen LogP contribution in [0.4, 0.5) is 5.69 Å². The number of rotatable bonds is 6. The van der Waals surface area contributed by atoms with Crippen LogP contribution in [0, 0.1) is 0 Å². The van der Waals surface area contributed by atoms with Crippen LogP contribution >= 0.6 is 0 Å². The lowest BCUT2D eigenvalue weighted by Crippen LogP contribution is -2.38. The molecule has 32 heavy (non-hydrogen) atoms. The number of carbonyl (C=O) groups is 1. The van der Waals surface area contributed by atoms with Crippen molar-refractivity contribution in [3.8, 4) is 11.5 Å². The van der Waals surface area contributed by atoms with Crippen LogP contribution in [0.5, 0.6) is 11.5 Å². The number of carbonyl (C=O) groups excluding carboxylic acids is 1. The molecule has 2 heterocycles. The van der Waals surface area contributed by atoms with Gasteiger partial charge in [-0.15, -0.1) is 0 Å². The van der Waals surface area contributed by atoms with Crippen LogP contribution in [0.1, 0.15) is 6.92 Å². The number of likely N-dealkylation sites (N-methyl/N-ethyl adjacent to an activating group) is 1. The van der Waals surface area contributed by atoms with Gasteiger partial charge in [0.05, 0.1) is 22.3 Å². The Kier molecular flexibility index (Phi) is 5.72. The van der Waals surface area contributed by atoms with E-state index in [2.05, 4.69) is 15.3 Å². The molecule has 12 heteroatoms. The van der Waals surface area contributed by atoms with Crippen LogP contribution in [-0.4, -0.2) is 54.9 Å². The maximum atomic E-state index is 13.1. The van der Waals surface area contributed by atoms with Gasteiger partial charge in [0.1, 0.15) is 13.2 Å². The lowest BCUT2D eigenvalue weighted by Gasteiger charge is -2.21. The summed E-state index contributed by atoms with van der Waals surface area (Å²) in [5.74, 6) is 0.517. The third-order valence-electron chi connectivity index (χ3n) is 4.85. The monoisotopic (exact) mass is 460 g/mol. The lowest BCUT2D eigenvalue weighted by atomic mass is 10.2. The summed E-state index contributed by atoms with van der Waals surface area (Å²) in [6.45, 7) is 2.03. The first-order chi connectivity index (χ1) is 15.3. The van der Waals surface area contributed by atoms with Crippen LogP contribution in [0.25, 0.3) is 10.9 Å². The molecule has 0 aliphatic carbocycles. The molecule has 0 atom stereocenters. The number of benzene rings is 2. The fourth-order valence-electron chi connectivity index (χ4n) is 3.30. The molecule has 1 aromatic heterocycles. The Morgan fingerprint density at radius 1 is 1.06 bits per heavy atom. The average molecular weight is 460 g/mol. The second kappa shape index (κ2) is 8.48. The van der Waals surface area contributed by atoms with Crippen molar-refractivity contribution in [2.24, 2.45) is 0 Å². The average Bonchev–Trinajstić information content (AvgIpc) is 2.77. The summed E-state index contributed by atoms with van der Waals surface area (Å²) < 4.78 is 38.1. The van der Waals surface area contributed by atoms with Gasteiger partial charge in [-0.3, -0.25) is 14.6 Å². The van der Waals surface area contributed by atoms with E-state index in [1.807, 2.05) is 0 Å². The minimum Gasteiger partial charge on any atom is -0.486 e. The van der Waals surface area contributed by atoms with Gasteiger partial charge < -0.3 is 19.8 Å². The zero-order chi connectivity index (χ0) is 22.9. The molecule has 0 fully saturated rings. The van der Waals surface area contributed by atoms with E-state index in [-0.39, 0.29) is 22.3 Å². The van der Waals surface area contributed by atoms with Gasteiger partial charge in [-0.05, 0) is 30.3 Å². The first kappa shape index (κ1) is 21.6. The summed E-state index contributed by atoms with van der Waals surface area (Å²) in [5, 5.41) is 2.67. The summed E-state index contributed by atoms with van der Waals surface area (Å²) >= 11 is 0. The molecule has 1 aliphatic rings. The van der Waals surface area contributed by atoms with Gasteiger partial charge in [0.25, 0.3) is 5.56 Å². The number of aromatic nitrogens is 2. The van der Waals surface area contributed by atoms with Crippen LogP contribution in [0.2, 0.25) is 0 Å². The van der Waals surface area contributed by atoms with Gasteiger partial charge in [-0.1, -0.05) is 6.92 Å². The van der Waals surface area contributed by atoms with Crippen molar-refractivity contribution in [2.45, 2.75) is 11.8 Å². The molecular formula is C20H20N4O7S. The molecule has 0 saturated heterocycles. The number of fused-ring (bicyclic) bond motifs is 2. The molecule has 168 valence electrons. The molecular weight excluding hydrogens is 440 g/mol. The first-order valence-electron chi connectivity index (χ1n) is 9.74. The van der Waals surface area contributed by atoms with Crippen molar-refractivity contribution in [2.75, 3.05) is 31.6 Å². The summed E-state index contributed by atoms with van der Waals surface area (Å²) in [4.78, 5) is 40.3. The Balaban J connectivity index is 1.55. The SMILES string of the molecule is CCN(CC(=O)Nc1ccc2c(c1)OCCO2)S(=O)(=O)c1ccc2[nH]c(=O)[nH]c(=O)c2c1. The number of aromatic amines is 2. The van der Waals surface area contributed by atoms with Crippen LogP contribution in [-0.2, 0) is 14.8 Å². The topological polar surface area (TPSA) is 151 Å². The Morgan fingerprint density at radius 3 is 2.56 bits per heavy atom. The zero-order valence-corrected chi connectivity index (χ0v) is 17.8. The zero-order valence-electron chi connectivity index (χ0n) is 17.0. The number of ether oxygens (including phenoxy) is 2. The van der Waals surface area contributed by atoms with Crippen molar-refractivity contribution in [1.29, 1.82) is 0 Å². The molecule has 1 amide bonds. The number of hydrogen-bond donors (Lipinski definition) is 3. The van der Waals surface area contributed by atoms with Gasteiger partial charge >= 0.3 is 5.69 Å². The van der Waals surface area contributed by atoms with E-state index in [0.717, 1.165) is 4.31 Å². The van der Waals surface area contributed by atoms with Crippen molar-refractivity contribution in [3.05, 3.63) is 57.2 Å². The number of nitrogens with zero attached hydrogens (tertiary/aromatic N) is 1. The van der Waals surface area contributed by atoms with Crippen molar-refractivity contribution in [3.63, 3.8) is 0 Å². The number of sulfonamides is 1. The van der Waals surface area contributed by atoms with Crippen LogP contribution in [0.15, 0.2) is 50.9 Å². The second-order valence-corrected chi connectivity index (χ2v) is 8.89. The predicted octanol–water partition coefficient (Wildman–Crippen LogP) is 0.637. The Bertz CT molecular complexity index is 1410. The molecule has 3 aromatic rings. The van der Waals surface area contributed by atoms with E-state index in [1.165, 1.54) is 18.2 Å². The quantitative estimate of drug-likeness (QED) is 0.488. The van der Waals surface area contributed by atoms with E-state index < -0.39 is 33.7 Å². The third-order valence-corrected chi connectivity index (χ3v) is 6.76. The van der Waals surface area contributed by atoms with Crippen LogP contribution in [0.3, 0.4) is 0 Å². The Labute approximate surface area is 182 Å². The van der Waals surface area contributed by atoms with Crippen LogP contribution < -0.4 is 26.0 Å². The summed E-state index contributed by atoms with van der Waals surface area (Å²) in [6, 6.07) is 8.67. The van der Waals surface area contributed by atoms with Crippen molar-refractivity contribution >= 4 is 32.5 Å². The fourth-order valence-corrected chi connectivity index (χ4v) is 4.73. The summed E-state index contributed by atoms with van der Waals surface area (Å²) in [7, 11) is -4.09. The van der Waals surface area contributed by atoms with Gasteiger partial charge in [0.15, 0.2) is 11.5 Å². The molecule has 0 bridgehead atoms. The smallest absolute Gasteiger partial charge is 0.326 e. The summed E-state index contributed by atoms with van der Waals surface area (Å²) in [5.41, 5.74) is -0.754. The number of H-pyrrole nitrogens is 2. The van der Waals surface area contributed by atoms with Gasteiger partial charge in [0.2, 0.25) is 15.9 Å². The molecule has 0 unspecified atom stereocenters. The molecule has 3 N–H and O–H groups in total. The van der Waals surface area contributed by atoms with E-state index >= 15 is 0 Å². The lowest BCUT2D eigenvalue weighted by molar-refractivity contribution is -0.116. The minimum atomic E-state index is -4.09. The molecule has 0 spiro atoms. The van der Waals surface area contributed by atoms with E-state index in [9.17, 15) is 22.8 Å². The molecule has 11 nitrogen and oxygen atoms in total. The molecule has 4 rings (SSSR count). The highest BCUT2D eigenvalue weighted by Crippen LogP contribution is 2.32. The predicted molar refractivity (Wildman–Crippen MR) is 116 cm³/mol. The first-order valence-corrected chi connectivity index (χ1v) is 11.2. The molecule has 1 aliphatic heterocycles.